The number of amides is 1. The Labute approximate surface area is 119 Å². The molecular weight excluding hydrogens is 260 g/mol. The first kappa shape index (κ1) is 14.4. The highest BCUT2D eigenvalue weighted by Gasteiger charge is 2.21. The molecule has 0 spiro atoms. The summed E-state index contributed by atoms with van der Waals surface area (Å²) in [7, 11) is 0. The molecular formula is C15H21ClN2O. The van der Waals surface area contributed by atoms with Crippen LogP contribution in [0.25, 0.3) is 0 Å². The van der Waals surface area contributed by atoms with Crippen LogP contribution < -0.4 is 10.6 Å². The van der Waals surface area contributed by atoms with Gasteiger partial charge in [0.05, 0.1) is 17.3 Å². The maximum absolute atomic E-state index is 11.9. The second-order valence-electron chi connectivity index (χ2n) is 5.28. The predicted octanol–water partition coefficient (Wildman–Crippen LogP) is 3.45. The smallest absolute Gasteiger partial charge is 0.238 e. The van der Waals surface area contributed by atoms with E-state index < -0.39 is 0 Å². The van der Waals surface area contributed by atoms with Gasteiger partial charge >= 0.3 is 0 Å². The SMILES string of the molecule is CC1CCCCC1NCC(=O)Nc1ccccc1Cl. The van der Waals surface area contributed by atoms with Crippen LogP contribution in [0.4, 0.5) is 5.69 Å². The fraction of sp³-hybridized carbons (Fsp3) is 0.533. The monoisotopic (exact) mass is 280 g/mol. The van der Waals surface area contributed by atoms with Crippen LogP contribution in [0.2, 0.25) is 5.02 Å². The quantitative estimate of drug-likeness (QED) is 0.887. The van der Waals surface area contributed by atoms with Crippen LogP contribution in [-0.2, 0) is 4.79 Å². The molecule has 1 aromatic carbocycles. The summed E-state index contributed by atoms with van der Waals surface area (Å²) in [5, 5.41) is 6.76. The van der Waals surface area contributed by atoms with Crippen molar-refractivity contribution in [1.29, 1.82) is 0 Å². The largest absolute Gasteiger partial charge is 0.324 e. The van der Waals surface area contributed by atoms with E-state index in [0.29, 0.717) is 29.2 Å². The molecule has 2 unspecified atom stereocenters. The summed E-state index contributed by atoms with van der Waals surface area (Å²) in [5.74, 6) is 0.618. The normalized spacial score (nSPS) is 23.1. The third-order valence-corrected chi connectivity index (χ3v) is 4.11. The van der Waals surface area contributed by atoms with E-state index in [1.165, 1.54) is 25.7 Å². The first-order chi connectivity index (χ1) is 9.16. The molecule has 0 heterocycles. The number of benzene rings is 1. The lowest BCUT2D eigenvalue weighted by Gasteiger charge is -2.29. The summed E-state index contributed by atoms with van der Waals surface area (Å²) in [6.07, 6.45) is 4.99. The lowest BCUT2D eigenvalue weighted by atomic mass is 9.86. The lowest BCUT2D eigenvalue weighted by Crippen LogP contribution is -2.41. The summed E-state index contributed by atoms with van der Waals surface area (Å²) >= 11 is 6.01. The van der Waals surface area contributed by atoms with E-state index in [0.717, 1.165) is 0 Å². The first-order valence-corrected chi connectivity index (χ1v) is 7.32. The van der Waals surface area contributed by atoms with Crippen LogP contribution in [0, 0.1) is 5.92 Å². The number of rotatable bonds is 4. The zero-order chi connectivity index (χ0) is 13.7. The van der Waals surface area contributed by atoms with Gasteiger partial charge in [-0.15, -0.1) is 0 Å². The fourth-order valence-corrected chi connectivity index (χ4v) is 2.78. The van der Waals surface area contributed by atoms with Gasteiger partial charge in [-0.2, -0.15) is 0 Å². The number of halogens is 1. The Morgan fingerprint density at radius 2 is 2.05 bits per heavy atom. The van der Waals surface area contributed by atoms with Crippen molar-refractivity contribution in [3.05, 3.63) is 29.3 Å². The molecule has 2 rings (SSSR count). The van der Waals surface area contributed by atoms with E-state index in [1.807, 2.05) is 18.2 Å². The van der Waals surface area contributed by atoms with Crippen LogP contribution >= 0.6 is 11.6 Å². The number of hydrogen-bond donors (Lipinski definition) is 2. The van der Waals surface area contributed by atoms with Crippen molar-refractivity contribution in [3.63, 3.8) is 0 Å². The standard InChI is InChI=1S/C15H21ClN2O/c1-11-6-2-4-8-13(11)17-10-15(19)18-14-9-5-3-7-12(14)16/h3,5,7,9,11,13,17H,2,4,6,8,10H2,1H3,(H,18,19). The minimum Gasteiger partial charge on any atom is -0.324 e. The Balaban J connectivity index is 1.80. The number of para-hydroxylation sites is 1. The summed E-state index contributed by atoms with van der Waals surface area (Å²) in [6.45, 7) is 2.60. The summed E-state index contributed by atoms with van der Waals surface area (Å²) in [5.41, 5.74) is 0.674. The highest BCUT2D eigenvalue weighted by Crippen LogP contribution is 2.23. The second kappa shape index (κ2) is 6.92. The van der Waals surface area contributed by atoms with Crippen LogP contribution in [-0.4, -0.2) is 18.5 Å². The van der Waals surface area contributed by atoms with Crippen LogP contribution in [0.5, 0.6) is 0 Å². The number of hydrogen-bond acceptors (Lipinski definition) is 2. The van der Waals surface area contributed by atoms with E-state index >= 15 is 0 Å². The van der Waals surface area contributed by atoms with E-state index in [9.17, 15) is 4.79 Å². The fourth-order valence-electron chi connectivity index (χ4n) is 2.60. The third-order valence-electron chi connectivity index (χ3n) is 3.78. The number of nitrogens with one attached hydrogen (secondary N) is 2. The van der Waals surface area contributed by atoms with Gasteiger partial charge in [0.25, 0.3) is 0 Å². The molecule has 1 fully saturated rings. The van der Waals surface area contributed by atoms with Crippen molar-refractivity contribution in [2.24, 2.45) is 5.92 Å². The van der Waals surface area contributed by atoms with Gasteiger partial charge in [0.15, 0.2) is 0 Å². The van der Waals surface area contributed by atoms with Crippen LogP contribution in [0.1, 0.15) is 32.6 Å². The average Bonchev–Trinajstić information content (AvgIpc) is 2.40. The topological polar surface area (TPSA) is 41.1 Å². The van der Waals surface area contributed by atoms with Crippen LogP contribution in [0.3, 0.4) is 0 Å². The Morgan fingerprint density at radius 3 is 2.79 bits per heavy atom. The molecule has 0 bridgehead atoms. The molecule has 0 aromatic heterocycles. The van der Waals surface area contributed by atoms with Gasteiger partial charge in [-0.1, -0.05) is 43.5 Å². The zero-order valence-electron chi connectivity index (χ0n) is 11.3. The molecule has 0 aliphatic heterocycles. The van der Waals surface area contributed by atoms with E-state index in [4.69, 9.17) is 11.6 Å². The van der Waals surface area contributed by atoms with E-state index in [1.54, 1.807) is 6.07 Å². The van der Waals surface area contributed by atoms with E-state index in [-0.39, 0.29) is 5.91 Å². The molecule has 104 valence electrons. The molecule has 0 saturated heterocycles. The third kappa shape index (κ3) is 4.22. The van der Waals surface area contributed by atoms with Gasteiger partial charge in [0.1, 0.15) is 0 Å². The highest BCUT2D eigenvalue weighted by molar-refractivity contribution is 6.33. The van der Waals surface area contributed by atoms with Gasteiger partial charge in [-0.3, -0.25) is 4.79 Å². The summed E-state index contributed by atoms with van der Waals surface area (Å²) in [4.78, 5) is 11.9. The van der Waals surface area contributed by atoms with Gasteiger partial charge in [0.2, 0.25) is 5.91 Å². The minimum atomic E-state index is -0.0362. The maximum Gasteiger partial charge on any atom is 0.238 e. The van der Waals surface area contributed by atoms with Gasteiger partial charge in [0, 0.05) is 6.04 Å². The molecule has 1 amide bonds. The van der Waals surface area contributed by atoms with Crippen molar-refractivity contribution in [1.82, 2.24) is 5.32 Å². The van der Waals surface area contributed by atoms with Gasteiger partial charge < -0.3 is 10.6 Å². The first-order valence-electron chi connectivity index (χ1n) is 6.94. The van der Waals surface area contributed by atoms with Crippen molar-refractivity contribution >= 4 is 23.2 Å². The van der Waals surface area contributed by atoms with Crippen LogP contribution in [0.15, 0.2) is 24.3 Å². The zero-order valence-corrected chi connectivity index (χ0v) is 12.0. The number of anilines is 1. The lowest BCUT2D eigenvalue weighted by molar-refractivity contribution is -0.115. The average molecular weight is 281 g/mol. The molecule has 19 heavy (non-hydrogen) atoms. The van der Waals surface area contributed by atoms with Gasteiger partial charge in [-0.25, -0.2) is 0 Å². The molecule has 2 atom stereocenters. The molecule has 3 nitrogen and oxygen atoms in total. The maximum atomic E-state index is 11.9. The number of carbonyl (C=O) groups excluding carboxylic acids is 1. The molecule has 1 saturated carbocycles. The summed E-state index contributed by atoms with van der Waals surface area (Å²) in [6, 6.07) is 7.75. The number of carbonyl (C=O) groups is 1. The Morgan fingerprint density at radius 1 is 1.32 bits per heavy atom. The van der Waals surface area contributed by atoms with Crippen molar-refractivity contribution in [2.45, 2.75) is 38.6 Å². The molecule has 0 radical (unpaired) electrons. The molecule has 1 aromatic rings. The predicted molar refractivity (Wildman–Crippen MR) is 79.5 cm³/mol. The molecule has 1 aliphatic carbocycles. The second-order valence-corrected chi connectivity index (χ2v) is 5.68. The Bertz CT molecular complexity index is 436. The minimum absolute atomic E-state index is 0.0362. The molecule has 4 heteroatoms. The Kier molecular flexibility index (Phi) is 5.23. The van der Waals surface area contributed by atoms with E-state index in [2.05, 4.69) is 17.6 Å². The summed E-state index contributed by atoms with van der Waals surface area (Å²) < 4.78 is 0. The van der Waals surface area contributed by atoms with Crippen molar-refractivity contribution < 1.29 is 4.79 Å². The highest BCUT2D eigenvalue weighted by atomic mass is 35.5. The van der Waals surface area contributed by atoms with Crippen molar-refractivity contribution in [3.8, 4) is 0 Å². The van der Waals surface area contributed by atoms with Gasteiger partial charge in [-0.05, 0) is 30.9 Å². The van der Waals surface area contributed by atoms with Crippen molar-refractivity contribution in [2.75, 3.05) is 11.9 Å². The molecule has 2 N–H and O–H groups in total. The Hall–Kier alpha value is -1.06. The molecule has 1 aliphatic rings.